The Morgan fingerprint density at radius 2 is 1.87 bits per heavy atom. The lowest BCUT2D eigenvalue weighted by Crippen LogP contribution is -2.23. The Balaban J connectivity index is 2.63. The maximum absolute atomic E-state index is 12.4. The first-order valence-electron chi connectivity index (χ1n) is 4.78. The van der Waals surface area contributed by atoms with Crippen molar-refractivity contribution in [2.45, 2.75) is 12.8 Å². The van der Waals surface area contributed by atoms with Crippen molar-refractivity contribution >= 4 is 0 Å². The molecule has 0 bridgehead atoms. The predicted octanol–water partition coefficient (Wildman–Crippen LogP) is 2.08. The van der Waals surface area contributed by atoms with Gasteiger partial charge in [0, 0.05) is 12.5 Å². The molecule has 1 aromatic rings. The fourth-order valence-electron chi connectivity index (χ4n) is 1.34. The molecule has 0 heterocycles. The second-order valence-corrected chi connectivity index (χ2v) is 3.38. The van der Waals surface area contributed by atoms with Gasteiger partial charge in [0.2, 0.25) is 6.43 Å². The molecule has 0 radical (unpaired) electrons. The Hall–Kier alpha value is -1.16. The summed E-state index contributed by atoms with van der Waals surface area (Å²) in [5, 5.41) is 0. The average molecular weight is 215 g/mol. The lowest BCUT2D eigenvalue weighted by molar-refractivity contribution is 0.0814. The third-order valence-electron chi connectivity index (χ3n) is 2.32. The molecule has 4 heteroatoms. The van der Waals surface area contributed by atoms with Gasteiger partial charge < -0.3 is 10.5 Å². The third-order valence-corrected chi connectivity index (χ3v) is 2.32. The fraction of sp³-hybridized carbons (Fsp3) is 0.455. The van der Waals surface area contributed by atoms with Gasteiger partial charge in [-0.15, -0.1) is 0 Å². The largest absolute Gasteiger partial charge is 0.497 e. The molecule has 1 aromatic carbocycles. The first kappa shape index (κ1) is 11.9. The zero-order valence-corrected chi connectivity index (χ0v) is 8.62. The Kier molecular flexibility index (Phi) is 4.49. The Bertz CT molecular complexity index is 287. The quantitative estimate of drug-likeness (QED) is 0.816. The summed E-state index contributed by atoms with van der Waals surface area (Å²) in [5.41, 5.74) is 6.13. The lowest BCUT2D eigenvalue weighted by atomic mass is 10.00. The highest BCUT2D eigenvalue weighted by Crippen LogP contribution is 2.18. The number of hydrogen-bond donors (Lipinski definition) is 1. The number of rotatable bonds is 5. The Labute approximate surface area is 88.0 Å². The van der Waals surface area contributed by atoms with Crippen LogP contribution in [0.25, 0.3) is 0 Å². The maximum atomic E-state index is 12.4. The van der Waals surface area contributed by atoms with E-state index in [1.807, 2.05) is 0 Å². The first-order valence-corrected chi connectivity index (χ1v) is 4.78. The van der Waals surface area contributed by atoms with E-state index in [4.69, 9.17) is 10.5 Å². The number of nitrogens with two attached hydrogens (primary N) is 1. The van der Waals surface area contributed by atoms with Crippen LogP contribution in [0.3, 0.4) is 0 Å². The van der Waals surface area contributed by atoms with Crippen molar-refractivity contribution in [2.75, 3.05) is 13.7 Å². The summed E-state index contributed by atoms with van der Waals surface area (Å²) >= 11 is 0. The van der Waals surface area contributed by atoms with Crippen LogP contribution in [0, 0.1) is 5.92 Å². The van der Waals surface area contributed by atoms with Gasteiger partial charge in [-0.25, -0.2) is 8.78 Å². The van der Waals surface area contributed by atoms with Crippen molar-refractivity contribution in [1.82, 2.24) is 0 Å². The van der Waals surface area contributed by atoms with Crippen molar-refractivity contribution in [3.63, 3.8) is 0 Å². The molecular formula is C11H15F2NO. The van der Waals surface area contributed by atoms with Crippen molar-refractivity contribution in [3.8, 4) is 5.75 Å². The number of benzene rings is 1. The van der Waals surface area contributed by atoms with Gasteiger partial charge >= 0.3 is 0 Å². The van der Waals surface area contributed by atoms with Crippen LogP contribution in [0.2, 0.25) is 0 Å². The molecule has 0 aliphatic heterocycles. The number of methoxy groups -OCH3 is 1. The highest BCUT2D eigenvalue weighted by Gasteiger charge is 2.18. The third kappa shape index (κ3) is 3.47. The van der Waals surface area contributed by atoms with Crippen molar-refractivity contribution < 1.29 is 13.5 Å². The Morgan fingerprint density at radius 3 is 2.27 bits per heavy atom. The monoisotopic (exact) mass is 215 g/mol. The van der Waals surface area contributed by atoms with Crippen LogP contribution in [0.1, 0.15) is 5.56 Å². The second kappa shape index (κ2) is 5.66. The van der Waals surface area contributed by atoms with Crippen LogP contribution >= 0.6 is 0 Å². The molecule has 1 atom stereocenters. The highest BCUT2D eigenvalue weighted by molar-refractivity contribution is 5.27. The number of ether oxygens (including phenoxy) is 1. The van der Waals surface area contributed by atoms with Crippen molar-refractivity contribution in [3.05, 3.63) is 29.8 Å². The summed E-state index contributed by atoms with van der Waals surface area (Å²) in [5.74, 6) is -0.0431. The molecule has 0 spiro atoms. The topological polar surface area (TPSA) is 35.2 Å². The van der Waals surface area contributed by atoms with Gasteiger partial charge in [0.15, 0.2) is 0 Å². The summed E-state index contributed by atoms with van der Waals surface area (Å²) in [6.45, 7) is 0.00367. The number of alkyl halides is 2. The lowest BCUT2D eigenvalue weighted by Gasteiger charge is -2.13. The SMILES string of the molecule is COc1ccc(CC(CN)C(F)F)cc1. The van der Waals surface area contributed by atoms with E-state index in [1.165, 1.54) is 0 Å². The van der Waals surface area contributed by atoms with Gasteiger partial charge in [-0.2, -0.15) is 0 Å². The van der Waals surface area contributed by atoms with Gasteiger partial charge in [0.1, 0.15) is 5.75 Å². The summed E-state index contributed by atoms with van der Waals surface area (Å²) in [6, 6.07) is 7.08. The van der Waals surface area contributed by atoms with E-state index in [2.05, 4.69) is 0 Å². The molecule has 1 rings (SSSR count). The highest BCUT2D eigenvalue weighted by atomic mass is 19.3. The minimum Gasteiger partial charge on any atom is -0.497 e. The molecule has 0 fully saturated rings. The van der Waals surface area contributed by atoms with E-state index in [-0.39, 0.29) is 6.54 Å². The van der Waals surface area contributed by atoms with Crippen molar-refractivity contribution in [1.29, 1.82) is 0 Å². The summed E-state index contributed by atoms with van der Waals surface area (Å²) in [4.78, 5) is 0. The molecule has 2 N–H and O–H groups in total. The second-order valence-electron chi connectivity index (χ2n) is 3.38. The van der Waals surface area contributed by atoms with E-state index < -0.39 is 12.3 Å². The molecule has 0 aliphatic carbocycles. The molecule has 0 aliphatic rings. The van der Waals surface area contributed by atoms with Crippen LogP contribution in [0.15, 0.2) is 24.3 Å². The average Bonchev–Trinajstić information content (AvgIpc) is 2.26. The number of halogens is 2. The number of hydrogen-bond acceptors (Lipinski definition) is 2. The van der Waals surface area contributed by atoms with Crippen LogP contribution in [0.4, 0.5) is 8.78 Å². The molecule has 0 aromatic heterocycles. The summed E-state index contributed by atoms with van der Waals surface area (Å²) < 4.78 is 29.8. The minimum absolute atomic E-state index is 0.00367. The summed E-state index contributed by atoms with van der Waals surface area (Å²) in [7, 11) is 1.57. The zero-order valence-electron chi connectivity index (χ0n) is 8.62. The minimum atomic E-state index is -2.36. The van der Waals surface area contributed by atoms with Crippen LogP contribution in [-0.4, -0.2) is 20.1 Å². The van der Waals surface area contributed by atoms with Crippen LogP contribution in [0.5, 0.6) is 5.75 Å². The predicted molar refractivity (Wildman–Crippen MR) is 55.2 cm³/mol. The van der Waals surface area contributed by atoms with Crippen LogP contribution in [-0.2, 0) is 6.42 Å². The normalized spacial score (nSPS) is 12.9. The maximum Gasteiger partial charge on any atom is 0.242 e. The van der Waals surface area contributed by atoms with E-state index >= 15 is 0 Å². The van der Waals surface area contributed by atoms with Gasteiger partial charge in [-0.3, -0.25) is 0 Å². The van der Waals surface area contributed by atoms with E-state index in [9.17, 15) is 8.78 Å². The van der Waals surface area contributed by atoms with Gasteiger partial charge in [-0.05, 0) is 24.1 Å². The fourth-order valence-corrected chi connectivity index (χ4v) is 1.34. The van der Waals surface area contributed by atoms with Crippen LogP contribution < -0.4 is 10.5 Å². The molecule has 84 valence electrons. The Morgan fingerprint density at radius 1 is 1.27 bits per heavy atom. The zero-order chi connectivity index (χ0) is 11.3. The van der Waals surface area contributed by atoms with Gasteiger partial charge in [0.05, 0.1) is 7.11 Å². The molecule has 15 heavy (non-hydrogen) atoms. The van der Waals surface area contributed by atoms with Gasteiger partial charge in [0.25, 0.3) is 0 Å². The molecule has 1 unspecified atom stereocenters. The molecule has 0 saturated carbocycles. The first-order chi connectivity index (χ1) is 7.17. The van der Waals surface area contributed by atoms with Gasteiger partial charge in [-0.1, -0.05) is 12.1 Å². The standard InChI is InChI=1S/C11H15F2NO/c1-15-10-4-2-8(3-5-10)6-9(7-14)11(12)13/h2-5,9,11H,6-7,14H2,1H3. The van der Waals surface area contributed by atoms with E-state index in [1.54, 1.807) is 31.4 Å². The van der Waals surface area contributed by atoms with E-state index in [0.29, 0.717) is 6.42 Å². The van der Waals surface area contributed by atoms with Crippen molar-refractivity contribution in [2.24, 2.45) is 11.7 Å². The molecular weight excluding hydrogens is 200 g/mol. The smallest absolute Gasteiger partial charge is 0.242 e. The van der Waals surface area contributed by atoms with E-state index in [0.717, 1.165) is 11.3 Å². The molecule has 0 amide bonds. The molecule has 2 nitrogen and oxygen atoms in total. The molecule has 0 saturated heterocycles. The summed E-state index contributed by atoms with van der Waals surface area (Å²) in [6.07, 6.45) is -2.06.